The Kier molecular flexibility index (Phi) is 4.66. The van der Waals surface area contributed by atoms with Crippen LogP contribution in [0, 0.1) is 0 Å². The highest BCUT2D eigenvalue weighted by atomic mass is 16.5. The lowest BCUT2D eigenvalue weighted by molar-refractivity contribution is 0.331. The van der Waals surface area contributed by atoms with Gasteiger partial charge in [-0.2, -0.15) is 0 Å². The molecule has 0 atom stereocenters. The van der Waals surface area contributed by atoms with Crippen LogP contribution in [0.4, 0.5) is 0 Å². The van der Waals surface area contributed by atoms with Crippen LogP contribution in [0.1, 0.15) is 88.8 Å². The molecule has 1 aromatic carbocycles. The summed E-state index contributed by atoms with van der Waals surface area (Å²) in [5, 5.41) is 3.82. The minimum atomic E-state index is 0.233. The highest BCUT2D eigenvalue weighted by Gasteiger charge is 2.37. The Hall–Kier alpha value is -1.83. The second-order valence-corrected chi connectivity index (χ2v) is 8.81. The first kappa shape index (κ1) is 18.0. The van der Waals surface area contributed by atoms with E-state index in [2.05, 4.69) is 64.9 Å². The number of benzene rings is 1. The maximum atomic E-state index is 5.29. The molecule has 0 saturated carbocycles. The summed E-state index contributed by atoms with van der Waals surface area (Å²) < 4.78 is 5.29. The molecule has 0 radical (unpaired) electrons. The quantitative estimate of drug-likeness (QED) is 0.633. The van der Waals surface area contributed by atoms with Crippen molar-refractivity contribution >= 4 is 11.6 Å². The van der Waals surface area contributed by atoms with Crippen LogP contribution in [0.25, 0.3) is 11.6 Å². The molecule has 2 heteroatoms. The van der Waals surface area contributed by atoms with Crippen molar-refractivity contribution in [1.82, 2.24) is 5.16 Å². The van der Waals surface area contributed by atoms with Gasteiger partial charge in [0.1, 0.15) is 0 Å². The Labute approximate surface area is 152 Å². The molecule has 1 aliphatic carbocycles. The van der Waals surface area contributed by atoms with Gasteiger partial charge in [0.05, 0.1) is 6.20 Å². The van der Waals surface area contributed by atoms with Crippen LogP contribution in [-0.4, -0.2) is 5.16 Å². The molecule has 0 N–H and O–H groups in total. The summed E-state index contributed by atoms with van der Waals surface area (Å²) in [6.45, 7) is 14.0. The summed E-state index contributed by atoms with van der Waals surface area (Å²) in [6.07, 6.45) is 8.57. The van der Waals surface area contributed by atoms with E-state index in [4.69, 9.17) is 4.52 Å². The first-order chi connectivity index (χ1) is 11.7. The van der Waals surface area contributed by atoms with Crippen molar-refractivity contribution in [2.24, 2.45) is 0 Å². The molecule has 1 heterocycles. The van der Waals surface area contributed by atoms with E-state index in [0.717, 1.165) is 18.6 Å². The molecule has 0 spiro atoms. The number of rotatable bonds is 4. The van der Waals surface area contributed by atoms with E-state index in [-0.39, 0.29) is 10.8 Å². The number of hydrogen-bond donors (Lipinski definition) is 0. The van der Waals surface area contributed by atoms with Crippen LogP contribution < -0.4 is 0 Å². The van der Waals surface area contributed by atoms with Crippen LogP contribution in [0.5, 0.6) is 0 Å². The van der Waals surface area contributed by atoms with Crippen molar-refractivity contribution in [3.05, 3.63) is 52.4 Å². The Bertz CT molecular complexity index is 779. The normalized spacial score (nSPS) is 18.9. The molecule has 0 fully saturated rings. The van der Waals surface area contributed by atoms with Gasteiger partial charge in [0.25, 0.3) is 0 Å². The molecule has 0 unspecified atom stereocenters. The summed E-state index contributed by atoms with van der Waals surface area (Å²) in [4.78, 5) is 0. The molecule has 0 bridgehead atoms. The van der Waals surface area contributed by atoms with E-state index in [1.165, 1.54) is 35.1 Å². The summed E-state index contributed by atoms with van der Waals surface area (Å²) in [6, 6.07) is 6.87. The number of fused-ring (bicyclic) bond motifs is 1. The number of nitrogens with zero attached hydrogens (tertiary/aromatic N) is 1. The monoisotopic (exact) mass is 337 g/mol. The molecule has 134 valence electrons. The molecule has 2 aromatic rings. The van der Waals surface area contributed by atoms with E-state index < -0.39 is 0 Å². The summed E-state index contributed by atoms with van der Waals surface area (Å²) in [7, 11) is 0. The molecule has 2 nitrogen and oxygen atoms in total. The van der Waals surface area contributed by atoms with Gasteiger partial charge >= 0.3 is 0 Å². The molecular weight excluding hydrogens is 306 g/mol. The number of aryl methyl sites for hydroxylation is 1. The van der Waals surface area contributed by atoms with Gasteiger partial charge in [0.15, 0.2) is 5.76 Å². The fraction of sp³-hybridized carbons (Fsp3) is 0.522. The van der Waals surface area contributed by atoms with Crippen molar-refractivity contribution in [3.63, 3.8) is 0 Å². The zero-order chi connectivity index (χ0) is 18.2. The van der Waals surface area contributed by atoms with Gasteiger partial charge < -0.3 is 4.52 Å². The zero-order valence-corrected chi connectivity index (χ0v) is 16.6. The molecule has 0 amide bonds. The highest BCUT2D eigenvalue weighted by Crippen LogP contribution is 2.47. The first-order valence-electron chi connectivity index (χ1n) is 9.52. The second-order valence-electron chi connectivity index (χ2n) is 8.81. The average Bonchev–Trinajstić information content (AvgIpc) is 3.05. The van der Waals surface area contributed by atoms with Gasteiger partial charge in [-0.15, -0.1) is 0 Å². The van der Waals surface area contributed by atoms with E-state index in [1.54, 1.807) is 11.8 Å². The summed E-state index contributed by atoms with van der Waals surface area (Å²) >= 11 is 0. The fourth-order valence-electron chi connectivity index (χ4n) is 4.09. The third kappa shape index (κ3) is 3.44. The maximum Gasteiger partial charge on any atom is 0.159 e. The molecule has 0 aliphatic heterocycles. The third-order valence-electron chi connectivity index (χ3n) is 5.84. The molecule has 0 saturated heterocycles. The van der Waals surface area contributed by atoms with Crippen molar-refractivity contribution in [2.75, 3.05) is 0 Å². The fourth-order valence-corrected chi connectivity index (χ4v) is 4.09. The molecule has 3 rings (SSSR count). The number of aromatic nitrogens is 1. The maximum absolute atomic E-state index is 5.29. The SMILES string of the molecule is CCCc1cc2c(cc1/C(C)=C/c1ccno1)C(C)(C)CCC2(C)C. The van der Waals surface area contributed by atoms with E-state index in [0.29, 0.717) is 0 Å². The van der Waals surface area contributed by atoms with Crippen LogP contribution in [-0.2, 0) is 17.3 Å². The summed E-state index contributed by atoms with van der Waals surface area (Å²) in [5.41, 5.74) is 7.63. The minimum absolute atomic E-state index is 0.233. The molecule has 25 heavy (non-hydrogen) atoms. The predicted octanol–water partition coefficient (Wildman–Crippen LogP) is 6.54. The van der Waals surface area contributed by atoms with Gasteiger partial charge in [0.2, 0.25) is 0 Å². The van der Waals surface area contributed by atoms with Crippen molar-refractivity contribution in [2.45, 2.75) is 78.1 Å². The predicted molar refractivity (Wildman–Crippen MR) is 106 cm³/mol. The lowest BCUT2D eigenvalue weighted by Crippen LogP contribution is -2.34. The lowest BCUT2D eigenvalue weighted by Gasteiger charge is -2.42. The van der Waals surface area contributed by atoms with E-state index in [9.17, 15) is 0 Å². The van der Waals surface area contributed by atoms with Gasteiger partial charge in [-0.25, -0.2) is 0 Å². The Morgan fingerprint density at radius 3 is 2.32 bits per heavy atom. The van der Waals surface area contributed by atoms with Crippen molar-refractivity contribution in [3.8, 4) is 0 Å². The lowest BCUT2D eigenvalue weighted by atomic mass is 9.62. The molecule has 1 aliphatic rings. The number of hydrogen-bond acceptors (Lipinski definition) is 2. The first-order valence-corrected chi connectivity index (χ1v) is 9.52. The smallest absolute Gasteiger partial charge is 0.159 e. The molecular formula is C23H31NO. The Morgan fingerprint density at radius 2 is 1.76 bits per heavy atom. The van der Waals surface area contributed by atoms with E-state index >= 15 is 0 Å². The van der Waals surface area contributed by atoms with E-state index in [1.807, 2.05) is 6.07 Å². The Morgan fingerprint density at radius 1 is 1.12 bits per heavy atom. The third-order valence-corrected chi connectivity index (χ3v) is 5.84. The van der Waals surface area contributed by atoms with Crippen LogP contribution in [0.2, 0.25) is 0 Å². The van der Waals surface area contributed by atoms with Crippen LogP contribution in [0.3, 0.4) is 0 Å². The second kappa shape index (κ2) is 6.48. The number of allylic oxidation sites excluding steroid dienone is 1. The van der Waals surface area contributed by atoms with Crippen molar-refractivity contribution in [1.29, 1.82) is 0 Å². The topological polar surface area (TPSA) is 26.0 Å². The zero-order valence-electron chi connectivity index (χ0n) is 16.6. The van der Waals surface area contributed by atoms with Gasteiger partial charge in [-0.05, 0) is 70.9 Å². The minimum Gasteiger partial charge on any atom is -0.357 e. The molecule has 1 aromatic heterocycles. The van der Waals surface area contributed by atoms with Crippen molar-refractivity contribution < 1.29 is 4.52 Å². The highest BCUT2D eigenvalue weighted by molar-refractivity contribution is 5.81. The summed E-state index contributed by atoms with van der Waals surface area (Å²) in [5.74, 6) is 0.817. The average molecular weight is 338 g/mol. The van der Waals surface area contributed by atoms with Gasteiger partial charge in [-0.3, -0.25) is 0 Å². The standard InChI is InChI=1S/C23H31NO/c1-7-8-17-14-20-21(23(5,6)11-10-22(20,3)4)15-19(17)16(2)13-18-9-12-24-25-18/h9,12-15H,7-8,10-11H2,1-6H3/b16-13+. The largest absolute Gasteiger partial charge is 0.357 e. The van der Waals surface area contributed by atoms with Gasteiger partial charge in [0, 0.05) is 6.07 Å². The van der Waals surface area contributed by atoms with Crippen LogP contribution in [0.15, 0.2) is 28.9 Å². The Balaban J connectivity index is 2.18. The van der Waals surface area contributed by atoms with Crippen LogP contribution >= 0.6 is 0 Å². The van der Waals surface area contributed by atoms with Gasteiger partial charge in [-0.1, -0.05) is 58.3 Å².